The molecule has 0 saturated heterocycles. The van der Waals surface area contributed by atoms with E-state index in [0.29, 0.717) is 18.4 Å². The van der Waals surface area contributed by atoms with Crippen molar-refractivity contribution in [1.29, 1.82) is 0 Å². The standard InChI is InChI=1S/C14H26O2/c1-11(2)10-16-13(15)14(3,4)12-8-6-5-7-9-12/h11-12H,5-10H2,1-4H3. The van der Waals surface area contributed by atoms with Crippen LogP contribution in [-0.4, -0.2) is 12.6 Å². The van der Waals surface area contributed by atoms with Crippen LogP contribution in [0.2, 0.25) is 0 Å². The van der Waals surface area contributed by atoms with E-state index in [-0.39, 0.29) is 11.4 Å². The van der Waals surface area contributed by atoms with Crippen molar-refractivity contribution in [3.63, 3.8) is 0 Å². The molecular weight excluding hydrogens is 200 g/mol. The fourth-order valence-corrected chi connectivity index (χ4v) is 2.42. The lowest BCUT2D eigenvalue weighted by molar-refractivity contribution is -0.159. The van der Waals surface area contributed by atoms with Gasteiger partial charge in [-0.3, -0.25) is 4.79 Å². The van der Waals surface area contributed by atoms with Gasteiger partial charge in [0.25, 0.3) is 0 Å². The van der Waals surface area contributed by atoms with Crippen LogP contribution in [0.15, 0.2) is 0 Å². The molecule has 1 saturated carbocycles. The number of carbonyl (C=O) groups excluding carboxylic acids is 1. The predicted octanol–water partition coefficient (Wildman–Crippen LogP) is 3.79. The number of hydrogen-bond donors (Lipinski definition) is 0. The predicted molar refractivity (Wildman–Crippen MR) is 66.2 cm³/mol. The highest BCUT2D eigenvalue weighted by Gasteiger charge is 2.38. The van der Waals surface area contributed by atoms with Crippen molar-refractivity contribution in [2.45, 2.75) is 59.8 Å². The maximum Gasteiger partial charge on any atom is 0.311 e. The van der Waals surface area contributed by atoms with Gasteiger partial charge in [-0.05, 0) is 38.5 Å². The third-order valence-corrected chi connectivity index (χ3v) is 3.70. The lowest BCUT2D eigenvalue weighted by atomic mass is 9.71. The Morgan fingerprint density at radius 1 is 1.25 bits per heavy atom. The molecule has 0 aliphatic heterocycles. The topological polar surface area (TPSA) is 26.3 Å². The number of rotatable bonds is 4. The largest absolute Gasteiger partial charge is 0.465 e. The maximum atomic E-state index is 12.0. The van der Waals surface area contributed by atoms with Gasteiger partial charge in [0.15, 0.2) is 0 Å². The van der Waals surface area contributed by atoms with Crippen LogP contribution in [0.5, 0.6) is 0 Å². The third kappa shape index (κ3) is 3.50. The normalized spacial score (nSPS) is 18.8. The summed E-state index contributed by atoms with van der Waals surface area (Å²) in [6.45, 7) is 8.79. The first kappa shape index (κ1) is 13.5. The highest BCUT2D eigenvalue weighted by molar-refractivity contribution is 5.76. The van der Waals surface area contributed by atoms with Crippen molar-refractivity contribution in [2.75, 3.05) is 6.61 Å². The van der Waals surface area contributed by atoms with Crippen molar-refractivity contribution in [3.05, 3.63) is 0 Å². The SMILES string of the molecule is CC(C)COC(=O)C(C)(C)C1CCCCC1. The molecule has 1 aliphatic carbocycles. The minimum Gasteiger partial charge on any atom is -0.465 e. The van der Waals surface area contributed by atoms with Crippen molar-refractivity contribution < 1.29 is 9.53 Å². The first-order valence-corrected chi connectivity index (χ1v) is 6.62. The maximum absolute atomic E-state index is 12.0. The van der Waals surface area contributed by atoms with Gasteiger partial charge >= 0.3 is 5.97 Å². The zero-order valence-corrected chi connectivity index (χ0v) is 11.2. The molecule has 0 N–H and O–H groups in total. The van der Waals surface area contributed by atoms with Crippen LogP contribution in [0.4, 0.5) is 0 Å². The minimum absolute atomic E-state index is 0.00639. The summed E-state index contributed by atoms with van der Waals surface area (Å²) in [5, 5.41) is 0. The third-order valence-electron chi connectivity index (χ3n) is 3.70. The molecule has 0 bridgehead atoms. The second-order valence-corrected chi connectivity index (χ2v) is 6.05. The molecule has 0 aromatic carbocycles. The summed E-state index contributed by atoms with van der Waals surface area (Å²) in [7, 11) is 0. The van der Waals surface area contributed by atoms with Crippen molar-refractivity contribution in [2.24, 2.45) is 17.3 Å². The Morgan fingerprint density at radius 2 is 1.81 bits per heavy atom. The molecular formula is C14H26O2. The molecule has 0 unspecified atom stereocenters. The van der Waals surface area contributed by atoms with E-state index >= 15 is 0 Å². The molecule has 2 nitrogen and oxygen atoms in total. The second kappa shape index (κ2) is 5.70. The van der Waals surface area contributed by atoms with E-state index < -0.39 is 0 Å². The summed E-state index contributed by atoms with van der Waals surface area (Å²) in [5.74, 6) is 0.931. The first-order valence-electron chi connectivity index (χ1n) is 6.62. The molecule has 0 heterocycles. The molecule has 2 heteroatoms. The van der Waals surface area contributed by atoms with E-state index in [1.165, 1.54) is 32.1 Å². The Morgan fingerprint density at radius 3 is 2.31 bits per heavy atom. The zero-order valence-electron chi connectivity index (χ0n) is 11.2. The highest BCUT2D eigenvalue weighted by Crippen LogP contribution is 2.39. The van der Waals surface area contributed by atoms with Gasteiger partial charge in [0.1, 0.15) is 0 Å². The Labute approximate surface area is 99.8 Å². The smallest absolute Gasteiger partial charge is 0.311 e. The summed E-state index contributed by atoms with van der Waals surface area (Å²) in [5.41, 5.74) is -0.296. The molecule has 94 valence electrons. The summed E-state index contributed by atoms with van der Waals surface area (Å²) in [4.78, 5) is 12.0. The van der Waals surface area contributed by atoms with E-state index in [9.17, 15) is 4.79 Å². The van der Waals surface area contributed by atoms with Crippen molar-refractivity contribution >= 4 is 5.97 Å². The molecule has 1 rings (SSSR count). The van der Waals surface area contributed by atoms with Gasteiger partial charge in [-0.2, -0.15) is 0 Å². The number of ether oxygens (including phenoxy) is 1. The average Bonchev–Trinajstić information content (AvgIpc) is 2.27. The van der Waals surface area contributed by atoms with E-state index in [0.717, 1.165) is 0 Å². The van der Waals surface area contributed by atoms with Crippen LogP contribution < -0.4 is 0 Å². The molecule has 0 atom stereocenters. The molecule has 0 aromatic heterocycles. The summed E-state index contributed by atoms with van der Waals surface area (Å²) >= 11 is 0. The highest BCUT2D eigenvalue weighted by atomic mass is 16.5. The monoisotopic (exact) mass is 226 g/mol. The van der Waals surface area contributed by atoms with Crippen LogP contribution in [0.1, 0.15) is 59.8 Å². The lowest BCUT2D eigenvalue weighted by Crippen LogP contribution is -2.36. The molecule has 1 aliphatic rings. The molecule has 0 radical (unpaired) electrons. The van der Waals surface area contributed by atoms with E-state index in [1.807, 2.05) is 13.8 Å². The van der Waals surface area contributed by atoms with Gasteiger partial charge < -0.3 is 4.74 Å². The van der Waals surface area contributed by atoms with Gasteiger partial charge in [0, 0.05) is 0 Å². The number of carbonyl (C=O) groups is 1. The number of hydrogen-bond acceptors (Lipinski definition) is 2. The molecule has 0 aromatic rings. The first-order chi connectivity index (χ1) is 7.44. The summed E-state index contributed by atoms with van der Waals surface area (Å²) < 4.78 is 5.38. The Balaban J connectivity index is 2.50. The average molecular weight is 226 g/mol. The molecule has 0 amide bonds. The molecule has 1 fully saturated rings. The number of esters is 1. The quantitative estimate of drug-likeness (QED) is 0.682. The summed E-state index contributed by atoms with van der Waals surface area (Å²) in [6, 6.07) is 0. The van der Waals surface area contributed by atoms with Crippen molar-refractivity contribution in [3.8, 4) is 0 Å². The van der Waals surface area contributed by atoms with Gasteiger partial charge in [-0.15, -0.1) is 0 Å². The fourth-order valence-electron chi connectivity index (χ4n) is 2.42. The van der Waals surface area contributed by atoms with Crippen molar-refractivity contribution in [1.82, 2.24) is 0 Å². The van der Waals surface area contributed by atoms with Gasteiger partial charge in [0.2, 0.25) is 0 Å². The van der Waals surface area contributed by atoms with Gasteiger partial charge in [-0.25, -0.2) is 0 Å². The summed E-state index contributed by atoms with van der Waals surface area (Å²) in [6.07, 6.45) is 6.23. The van der Waals surface area contributed by atoms with Crippen LogP contribution >= 0.6 is 0 Å². The fraction of sp³-hybridized carbons (Fsp3) is 0.929. The zero-order chi connectivity index (χ0) is 12.2. The second-order valence-electron chi connectivity index (χ2n) is 6.05. The lowest BCUT2D eigenvalue weighted by Gasteiger charge is -2.35. The van der Waals surface area contributed by atoms with E-state index in [1.54, 1.807) is 0 Å². The van der Waals surface area contributed by atoms with Gasteiger partial charge in [0.05, 0.1) is 12.0 Å². The van der Waals surface area contributed by atoms with Crippen LogP contribution in [0.25, 0.3) is 0 Å². The minimum atomic E-state index is -0.296. The molecule has 0 spiro atoms. The van der Waals surface area contributed by atoms with Crippen LogP contribution in [0.3, 0.4) is 0 Å². The Hall–Kier alpha value is -0.530. The van der Waals surface area contributed by atoms with E-state index in [2.05, 4.69) is 13.8 Å². The molecule has 16 heavy (non-hydrogen) atoms. The van der Waals surface area contributed by atoms with E-state index in [4.69, 9.17) is 4.74 Å². The Kier molecular flexibility index (Phi) is 4.82. The van der Waals surface area contributed by atoms with Crippen LogP contribution in [-0.2, 0) is 9.53 Å². The van der Waals surface area contributed by atoms with Gasteiger partial charge in [-0.1, -0.05) is 33.1 Å². The Bertz CT molecular complexity index is 225. The van der Waals surface area contributed by atoms with Crippen LogP contribution in [0, 0.1) is 17.3 Å².